The van der Waals surface area contributed by atoms with Crippen molar-refractivity contribution in [2.24, 2.45) is 0 Å². The summed E-state index contributed by atoms with van der Waals surface area (Å²) in [7, 11) is 1.57. The number of hydrogen-bond donors (Lipinski definition) is 2. The van der Waals surface area contributed by atoms with Crippen molar-refractivity contribution in [3.8, 4) is 5.75 Å². The molecular weight excluding hydrogens is 356 g/mol. The van der Waals surface area contributed by atoms with Gasteiger partial charge >= 0.3 is 12.1 Å². The summed E-state index contributed by atoms with van der Waals surface area (Å²) in [5, 5.41) is 5.54. The number of methoxy groups -OCH3 is 1. The van der Waals surface area contributed by atoms with E-state index in [1.54, 1.807) is 24.1 Å². The van der Waals surface area contributed by atoms with Crippen molar-refractivity contribution in [2.75, 3.05) is 37.0 Å². The molecule has 0 saturated carbocycles. The molecule has 2 N–H and O–H groups in total. The van der Waals surface area contributed by atoms with Gasteiger partial charge in [-0.3, -0.25) is 4.90 Å². The van der Waals surface area contributed by atoms with Crippen LogP contribution in [0.4, 0.5) is 21.0 Å². The third-order valence-electron chi connectivity index (χ3n) is 4.61. The first-order valence-electron chi connectivity index (χ1n) is 9.45. The number of nitrogens with one attached hydrogen (secondary N) is 2. The SMILES string of the molecule is CCNC(=O)Nc1cc(OC)ccc1N1CCCN(Cc2ccccc2)C1=O. The molecule has 7 heteroatoms. The van der Waals surface area contributed by atoms with Crippen LogP contribution in [0.25, 0.3) is 0 Å². The first kappa shape index (κ1) is 19.5. The second-order valence-electron chi connectivity index (χ2n) is 6.56. The zero-order valence-electron chi connectivity index (χ0n) is 16.3. The Labute approximate surface area is 165 Å². The number of ether oxygens (including phenoxy) is 1. The lowest BCUT2D eigenvalue weighted by Gasteiger charge is -2.36. The Bertz CT molecular complexity index is 826. The van der Waals surface area contributed by atoms with Crippen LogP contribution in [-0.2, 0) is 6.54 Å². The molecule has 1 aliphatic heterocycles. The average molecular weight is 382 g/mol. The summed E-state index contributed by atoms with van der Waals surface area (Å²) < 4.78 is 5.28. The minimum atomic E-state index is -0.317. The highest BCUT2D eigenvalue weighted by molar-refractivity contribution is 6.00. The van der Waals surface area contributed by atoms with Crippen molar-refractivity contribution in [2.45, 2.75) is 19.9 Å². The second-order valence-corrected chi connectivity index (χ2v) is 6.56. The predicted molar refractivity (Wildman–Crippen MR) is 110 cm³/mol. The van der Waals surface area contributed by atoms with E-state index in [0.29, 0.717) is 43.3 Å². The minimum absolute atomic E-state index is 0.0702. The van der Waals surface area contributed by atoms with E-state index in [2.05, 4.69) is 10.6 Å². The van der Waals surface area contributed by atoms with Crippen LogP contribution in [0.5, 0.6) is 5.75 Å². The number of urea groups is 2. The molecule has 1 heterocycles. The van der Waals surface area contributed by atoms with Crippen molar-refractivity contribution >= 4 is 23.4 Å². The van der Waals surface area contributed by atoms with Gasteiger partial charge in [-0.1, -0.05) is 30.3 Å². The Kier molecular flexibility index (Phi) is 6.37. The lowest BCUT2D eigenvalue weighted by atomic mass is 10.1. The first-order chi connectivity index (χ1) is 13.6. The first-order valence-corrected chi connectivity index (χ1v) is 9.45. The zero-order valence-corrected chi connectivity index (χ0v) is 16.3. The van der Waals surface area contributed by atoms with Gasteiger partial charge in [-0.25, -0.2) is 9.59 Å². The number of carbonyl (C=O) groups is 2. The number of hydrogen-bond acceptors (Lipinski definition) is 3. The third-order valence-corrected chi connectivity index (χ3v) is 4.61. The average Bonchev–Trinajstić information content (AvgIpc) is 2.71. The highest BCUT2D eigenvalue weighted by atomic mass is 16.5. The predicted octanol–water partition coefficient (Wildman–Crippen LogP) is 3.67. The molecule has 0 aromatic heterocycles. The van der Waals surface area contributed by atoms with Gasteiger partial charge in [0.2, 0.25) is 0 Å². The maximum absolute atomic E-state index is 13.1. The van der Waals surface area contributed by atoms with E-state index in [9.17, 15) is 9.59 Å². The van der Waals surface area contributed by atoms with Crippen molar-refractivity contribution in [3.05, 3.63) is 54.1 Å². The largest absolute Gasteiger partial charge is 0.497 e. The van der Waals surface area contributed by atoms with Crippen LogP contribution in [0.2, 0.25) is 0 Å². The summed E-state index contributed by atoms with van der Waals surface area (Å²) >= 11 is 0. The quantitative estimate of drug-likeness (QED) is 0.801. The van der Waals surface area contributed by atoms with E-state index < -0.39 is 0 Å². The lowest BCUT2D eigenvalue weighted by Crippen LogP contribution is -2.49. The maximum Gasteiger partial charge on any atom is 0.324 e. The maximum atomic E-state index is 13.1. The van der Waals surface area contributed by atoms with Crippen LogP contribution < -0.4 is 20.3 Å². The van der Waals surface area contributed by atoms with Gasteiger partial charge in [-0.05, 0) is 31.0 Å². The number of rotatable bonds is 6. The number of benzene rings is 2. The van der Waals surface area contributed by atoms with Crippen LogP contribution >= 0.6 is 0 Å². The molecule has 1 fully saturated rings. The van der Waals surface area contributed by atoms with Crippen molar-refractivity contribution in [1.29, 1.82) is 0 Å². The van der Waals surface area contributed by atoms with E-state index in [0.717, 1.165) is 12.0 Å². The molecular formula is C21H26N4O3. The van der Waals surface area contributed by atoms with E-state index in [1.165, 1.54) is 0 Å². The van der Waals surface area contributed by atoms with Gasteiger partial charge in [0.1, 0.15) is 5.75 Å². The van der Waals surface area contributed by atoms with Crippen molar-refractivity contribution in [1.82, 2.24) is 10.2 Å². The van der Waals surface area contributed by atoms with Gasteiger partial charge in [0.25, 0.3) is 0 Å². The molecule has 0 atom stereocenters. The molecule has 0 radical (unpaired) electrons. The van der Waals surface area contributed by atoms with Gasteiger partial charge in [0.15, 0.2) is 0 Å². The van der Waals surface area contributed by atoms with Crippen molar-refractivity contribution in [3.63, 3.8) is 0 Å². The Morgan fingerprint density at radius 1 is 1.14 bits per heavy atom. The van der Waals surface area contributed by atoms with Crippen LogP contribution in [0.15, 0.2) is 48.5 Å². The number of amides is 4. The van der Waals surface area contributed by atoms with E-state index in [4.69, 9.17) is 4.74 Å². The number of carbonyl (C=O) groups excluding carboxylic acids is 2. The number of nitrogens with zero attached hydrogens (tertiary/aromatic N) is 2. The fourth-order valence-electron chi connectivity index (χ4n) is 3.26. The lowest BCUT2D eigenvalue weighted by molar-refractivity contribution is 0.192. The highest BCUT2D eigenvalue weighted by Crippen LogP contribution is 2.32. The van der Waals surface area contributed by atoms with Crippen molar-refractivity contribution < 1.29 is 14.3 Å². The molecule has 3 rings (SSSR count). The third kappa shape index (κ3) is 4.54. The molecule has 0 aliphatic carbocycles. The normalized spacial score (nSPS) is 14.0. The topological polar surface area (TPSA) is 73.9 Å². The van der Waals surface area contributed by atoms with E-state index in [-0.39, 0.29) is 12.1 Å². The Balaban J connectivity index is 1.84. The summed E-state index contributed by atoms with van der Waals surface area (Å²) in [5.41, 5.74) is 2.29. The molecule has 2 aromatic rings. The summed E-state index contributed by atoms with van der Waals surface area (Å²) in [5.74, 6) is 0.612. The van der Waals surface area contributed by atoms with Gasteiger partial charge in [0, 0.05) is 32.2 Å². The van der Waals surface area contributed by atoms with Crippen LogP contribution in [-0.4, -0.2) is 43.7 Å². The highest BCUT2D eigenvalue weighted by Gasteiger charge is 2.28. The van der Waals surface area contributed by atoms with Gasteiger partial charge < -0.3 is 20.3 Å². The molecule has 1 saturated heterocycles. The fraction of sp³-hybridized carbons (Fsp3) is 0.333. The molecule has 2 aromatic carbocycles. The van der Waals surface area contributed by atoms with Crippen LogP contribution in [0.1, 0.15) is 18.9 Å². The smallest absolute Gasteiger partial charge is 0.324 e. The number of anilines is 2. The molecule has 4 amide bonds. The van der Waals surface area contributed by atoms with Crippen LogP contribution in [0, 0.1) is 0 Å². The molecule has 0 spiro atoms. The molecule has 0 bridgehead atoms. The second kappa shape index (κ2) is 9.12. The molecule has 1 aliphatic rings. The monoisotopic (exact) mass is 382 g/mol. The molecule has 0 unspecified atom stereocenters. The summed E-state index contributed by atoms with van der Waals surface area (Å²) in [6.45, 7) is 4.23. The zero-order chi connectivity index (χ0) is 19.9. The molecule has 7 nitrogen and oxygen atoms in total. The van der Waals surface area contributed by atoms with E-state index >= 15 is 0 Å². The fourth-order valence-corrected chi connectivity index (χ4v) is 3.26. The Morgan fingerprint density at radius 2 is 1.93 bits per heavy atom. The van der Waals surface area contributed by atoms with Crippen LogP contribution in [0.3, 0.4) is 0 Å². The minimum Gasteiger partial charge on any atom is -0.497 e. The molecule has 148 valence electrons. The standard InChI is InChI=1S/C21H26N4O3/c1-3-22-20(26)23-18-14-17(28-2)10-11-19(18)25-13-7-12-24(21(25)27)15-16-8-5-4-6-9-16/h4-6,8-11,14H,3,7,12-13,15H2,1-2H3,(H2,22,23,26). The summed E-state index contributed by atoms with van der Waals surface area (Å²) in [6.07, 6.45) is 0.852. The molecule has 28 heavy (non-hydrogen) atoms. The summed E-state index contributed by atoms with van der Waals surface area (Å²) in [4.78, 5) is 28.7. The van der Waals surface area contributed by atoms with E-state index in [1.807, 2.05) is 48.2 Å². The van der Waals surface area contributed by atoms with Gasteiger partial charge in [-0.15, -0.1) is 0 Å². The van der Waals surface area contributed by atoms with Gasteiger partial charge in [0.05, 0.1) is 18.5 Å². The Hall–Kier alpha value is -3.22. The Morgan fingerprint density at radius 3 is 2.64 bits per heavy atom. The van der Waals surface area contributed by atoms with Gasteiger partial charge in [-0.2, -0.15) is 0 Å². The summed E-state index contributed by atoms with van der Waals surface area (Å²) in [6, 6.07) is 14.9.